The van der Waals surface area contributed by atoms with Gasteiger partial charge in [-0.2, -0.15) is 0 Å². The summed E-state index contributed by atoms with van der Waals surface area (Å²) in [5.41, 5.74) is 4.73. The molecular weight excluding hydrogens is 516 g/mol. The standard InChI is InChI=1S/C29H40N4O7/c1-28(2,3)32-12-14-11-17(34)19-15(24(14)38-6)9-13-10-16-21(33(4)5)23(36)20(27(31)37)25(30)29(16,40-8)26(39-7)18(13)22(19)35/h11,13,16,21,30,32,34,36H,9-10,12H2,1-8H3,(H2,31,37)/t13-,16-,21-,29+/m0/s1. The number of primary amides is 1. The van der Waals surface area contributed by atoms with Crippen molar-refractivity contribution in [1.29, 1.82) is 5.41 Å². The zero-order chi connectivity index (χ0) is 29.9. The molecule has 0 fully saturated rings. The highest BCUT2D eigenvalue weighted by Crippen LogP contribution is 2.55. The first-order valence-electron chi connectivity index (χ1n) is 13.2. The number of hydrogen-bond acceptors (Lipinski definition) is 10. The zero-order valence-electron chi connectivity index (χ0n) is 24.4. The second-order valence-corrected chi connectivity index (χ2v) is 11.9. The van der Waals surface area contributed by atoms with E-state index in [9.17, 15) is 19.8 Å². The van der Waals surface area contributed by atoms with Gasteiger partial charge in [0.15, 0.2) is 11.4 Å². The van der Waals surface area contributed by atoms with Crippen LogP contribution in [0.1, 0.15) is 48.7 Å². The van der Waals surface area contributed by atoms with Gasteiger partial charge in [-0.05, 0) is 59.7 Å². The molecule has 0 aliphatic heterocycles. The SMILES string of the molecule is COC1=C2C(=O)c3c(O)cc(CNC(C)(C)C)c(OC)c3C[C@H]2C[C@H]2[C@H](N(C)C)C(O)=C(C(N)=O)C(=N)[C@@]12OC. The fourth-order valence-electron chi connectivity index (χ4n) is 6.72. The van der Waals surface area contributed by atoms with Crippen LogP contribution in [0.3, 0.4) is 0 Å². The Labute approximate surface area is 234 Å². The van der Waals surface area contributed by atoms with Gasteiger partial charge in [0, 0.05) is 41.8 Å². The molecule has 1 amide bonds. The van der Waals surface area contributed by atoms with Gasteiger partial charge in [0.1, 0.15) is 28.6 Å². The predicted octanol–water partition coefficient (Wildman–Crippen LogP) is 2.21. The normalized spacial score (nSPS) is 26.5. The number of aliphatic hydroxyl groups is 1. The van der Waals surface area contributed by atoms with Crippen molar-refractivity contribution >= 4 is 17.4 Å². The third kappa shape index (κ3) is 4.27. The molecule has 6 N–H and O–H groups in total. The summed E-state index contributed by atoms with van der Waals surface area (Å²) in [5.74, 6) is -2.34. The van der Waals surface area contributed by atoms with E-state index in [1.54, 1.807) is 26.1 Å². The number of nitrogens with zero attached hydrogens (tertiary/aromatic N) is 1. The van der Waals surface area contributed by atoms with E-state index in [4.69, 9.17) is 25.4 Å². The maximum absolute atomic E-state index is 14.2. The van der Waals surface area contributed by atoms with Gasteiger partial charge in [0.2, 0.25) is 0 Å². The minimum Gasteiger partial charge on any atom is -0.510 e. The Morgan fingerprint density at radius 3 is 2.38 bits per heavy atom. The molecule has 4 rings (SSSR count). The Morgan fingerprint density at radius 2 is 1.88 bits per heavy atom. The first-order chi connectivity index (χ1) is 18.7. The number of nitrogens with one attached hydrogen (secondary N) is 2. The first kappa shape index (κ1) is 29.6. The maximum Gasteiger partial charge on any atom is 0.254 e. The van der Waals surface area contributed by atoms with Crippen molar-refractivity contribution in [2.45, 2.75) is 57.3 Å². The molecule has 3 aliphatic carbocycles. The van der Waals surface area contributed by atoms with E-state index in [1.165, 1.54) is 20.3 Å². The predicted molar refractivity (Wildman–Crippen MR) is 149 cm³/mol. The number of likely N-dealkylation sites (N-methyl/N-ethyl adjacent to an activating group) is 1. The molecule has 0 heterocycles. The molecule has 0 aromatic heterocycles. The number of methoxy groups -OCH3 is 3. The van der Waals surface area contributed by atoms with Crippen LogP contribution in [-0.2, 0) is 27.2 Å². The van der Waals surface area contributed by atoms with Gasteiger partial charge in [0.05, 0.1) is 31.5 Å². The number of nitrogens with two attached hydrogens (primary N) is 1. The van der Waals surface area contributed by atoms with Gasteiger partial charge < -0.3 is 40.9 Å². The molecule has 1 aromatic rings. The molecule has 0 bridgehead atoms. The second kappa shape index (κ2) is 10.2. The Morgan fingerprint density at radius 1 is 1.23 bits per heavy atom. The molecule has 4 atom stereocenters. The zero-order valence-corrected chi connectivity index (χ0v) is 24.4. The Kier molecular flexibility index (Phi) is 7.55. The maximum atomic E-state index is 14.2. The number of ketones is 1. The number of carbonyl (C=O) groups is 2. The van der Waals surface area contributed by atoms with Crippen molar-refractivity contribution in [2.24, 2.45) is 17.6 Å². The molecule has 0 radical (unpaired) electrons. The lowest BCUT2D eigenvalue weighted by molar-refractivity contribution is -0.115. The van der Waals surface area contributed by atoms with Gasteiger partial charge in [-0.3, -0.25) is 14.5 Å². The van der Waals surface area contributed by atoms with E-state index >= 15 is 0 Å². The van der Waals surface area contributed by atoms with Crippen LogP contribution in [0.5, 0.6) is 11.5 Å². The molecule has 0 spiro atoms. The third-order valence-electron chi connectivity index (χ3n) is 8.29. The molecule has 1 aromatic carbocycles. The van der Waals surface area contributed by atoms with E-state index in [2.05, 4.69) is 5.32 Å². The van der Waals surface area contributed by atoms with Crippen LogP contribution in [0.15, 0.2) is 28.7 Å². The lowest BCUT2D eigenvalue weighted by atomic mass is 9.58. The van der Waals surface area contributed by atoms with Gasteiger partial charge in [-0.25, -0.2) is 0 Å². The van der Waals surface area contributed by atoms with Gasteiger partial charge >= 0.3 is 0 Å². The molecule has 0 unspecified atom stereocenters. The Balaban J connectivity index is 1.97. The summed E-state index contributed by atoms with van der Waals surface area (Å²) in [7, 11) is 7.80. The number of phenols is 1. The molecule has 0 saturated carbocycles. The quantitative estimate of drug-likeness (QED) is 0.338. The number of benzene rings is 1. The van der Waals surface area contributed by atoms with E-state index in [-0.39, 0.29) is 45.2 Å². The number of Topliss-reactive ketones (excluding diaryl/α,β-unsaturated/α-hetero) is 1. The fourth-order valence-corrected chi connectivity index (χ4v) is 6.72. The lowest BCUT2D eigenvalue weighted by Crippen LogP contribution is -2.64. The largest absolute Gasteiger partial charge is 0.510 e. The van der Waals surface area contributed by atoms with E-state index in [0.717, 1.165) is 5.56 Å². The summed E-state index contributed by atoms with van der Waals surface area (Å²) in [6.07, 6.45) is 0.664. The van der Waals surface area contributed by atoms with Crippen molar-refractivity contribution in [1.82, 2.24) is 10.2 Å². The number of aliphatic hydroxyl groups excluding tert-OH is 1. The molecule has 0 saturated heterocycles. The monoisotopic (exact) mass is 556 g/mol. The van der Waals surface area contributed by atoms with Crippen molar-refractivity contribution < 1.29 is 34.0 Å². The molecule has 3 aliphatic rings. The Hall–Kier alpha value is -3.41. The summed E-state index contributed by atoms with van der Waals surface area (Å²) in [6.45, 7) is 6.52. The minimum absolute atomic E-state index is 0.0758. The second-order valence-electron chi connectivity index (χ2n) is 11.9. The molecular formula is C29H40N4O7. The van der Waals surface area contributed by atoms with Crippen LogP contribution >= 0.6 is 0 Å². The summed E-state index contributed by atoms with van der Waals surface area (Å²) >= 11 is 0. The van der Waals surface area contributed by atoms with Gasteiger partial charge in [-0.15, -0.1) is 0 Å². The van der Waals surface area contributed by atoms with Crippen LogP contribution in [0.4, 0.5) is 0 Å². The summed E-state index contributed by atoms with van der Waals surface area (Å²) < 4.78 is 17.7. The number of phenolic OH excluding ortho intramolecular Hbond substituents is 1. The highest BCUT2D eigenvalue weighted by atomic mass is 16.5. The lowest BCUT2D eigenvalue weighted by Gasteiger charge is -2.53. The van der Waals surface area contributed by atoms with Crippen molar-refractivity contribution in [3.63, 3.8) is 0 Å². The molecule has 40 heavy (non-hydrogen) atoms. The first-order valence-corrected chi connectivity index (χ1v) is 13.2. The van der Waals surface area contributed by atoms with Crippen molar-refractivity contribution in [2.75, 3.05) is 35.4 Å². The number of allylic oxidation sites excluding steroid dienone is 1. The van der Waals surface area contributed by atoms with Crippen molar-refractivity contribution in [3.05, 3.63) is 45.4 Å². The summed E-state index contributed by atoms with van der Waals surface area (Å²) in [6, 6.07) is 0.785. The average molecular weight is 557 g/mol. The van der Waals surface area contributed by atoms with Crippen LogP contribution in [-0.4, -0.2) is 85.1 Å². The molecule has 11 nitrogen and oxygen atoms in total. The van der Waals surface area contributed by atoms with Gasteiger partial charge in [-0.1, -0.05) is 0 Å². The number of rotatable bonds is 7. The third-order valence-corrected chi connectivity index (χ3v) is 8.29. The van der Waals surface area contributed by atoms with E-state index in [1.807, 2.05) is 20.8 Å². The summed E-state index contributed by atoms with van der Waals surface area (Å²) in [5, 5.41) is 34.7. The average Bonchev–Trinajstić information content (AvgIpc) is 2.85. The number of aromatic hydroxyl groups is 1. The van der Waals surface area contributed by atoms with Crippen LogP contribution in [0.25, 0.3) is 0 Å². The van der Waals surface area contributed by atoms with Crippen LogP contribution in [0.2, 0.25) is 0 Å². The molecule has 218 valence electrons. The number of fused-ring (bicyclic) bond motifs is 3. The number of hydrogen-bond donors (Lipinski definition) is 5. The highest BCUT2D eigenvalue weighted by molar-refractivity contribution is 6.26. The van der Waals surface area contributed by atoms with E-state index in [0.29, 0.717) is 30.7 Å². The Bertz CT molecular complexity index is 1340. The number of amides is 1. The van der Waals surface area contributed by atoms with Crippen LogP contribution < -0.4 is 15.8 Å². The smallest absolute Gasteiger partial charge is 0.254 e. The van der Waals surface area contributed by atoms with Gasteiger partial charge in [0.25, 0.3) is 5.91 Å². The van der Waals surface area contributed by atoms with Crippen LogP contribution in [0, 0.1) is 17.2 Å². The van der Waals surface area contributed by atoms with Crippen molar-refractivity contribution in [3.8, 4) is 11.5 Å². The summed E-state index contributed by atoms with van der Waals surface area (Å²) in [4.78, 5) is 28.4. The highest BCUT2D eigenvalue weighted by Gasteiger charge is 2.63. The number of carbonyl (C=O) groups excluding carboxylic acids is 2. The number of ether oxygens (including phenoxy) is 3. The molecule has 11 heteroatoms. The topological polar surface area (TPSA) is 167 Å². The fraction of sp³-hybridized carbons (Fsp3) is 0.552. The minimum atomic E-state index is -1.67. The van der Waals surface area contributed by atoms with E-state index < -0.39 is 35.2 Å².